The summed E-state index contributed by atoms with van der Waals surface area (Å²) in [5.74, 6) is 2.74. The number of carbonyl (C=O) groups is 1. The predicted octanol–water partition coefficient (Wildman–Crippen LogP) is 3.20. The molecule has 2 N–H and O–H groups in total. The van der Waals surface area contributed by atoms with Gasteiger partial charge in [-0.25, -0.2) is 0 Å². The first-order chi connectivity index (χ1) is 12.1. The molecule has 1 aromatic rings. The quantitative estimate of drug-likeness (QED) is 0.642. The molecule has 1 aromatic carbocycles. The van der Waals surface area contributed by atoms with E-state index in [1.807, 2.05) is 18.2 Å². The van der Waals surface area contributed by atoms with Gasteiger partial charge >= 0.3 is 0 Å². The summed E-state index contributed by atoms with van der Waals surface area (Å²) in [5, 5.41) is 6.48. The van der Waals surface area contributed by atoms with Crippen LogP contribution in [0.2, 0.25) is 0 Å². The van der Waals surface area contributed by atoms with Gasteiger partial charge in [0.25, 0.3) is 0 Å². The lowest BCUT2D eigenvalue weighted by Gasteiger charge is -2.28. The number of hydrogen-bond donors (Lipinski definition) is 2. The van der Waals surface area contributed by atoms with E-state index in [2.05, 4.69) is 17.6 Å². The maximum Gasteiger partial charge on any atom is 0.220 e. The third kappa shape index (κ3) is 7.04. The minimum absolute atomic E-state index is 0. The van der Waals surface area contributed by atoms with E-state index in [0.29, 0.717) is 24.8 Å². The third-order valence-electron chi connectivity index (χ3n) is 5.06. The average Bonchev–Trinajstić information content (AvgIpc) is 2.65. The number of methoxy groups -OCH3 is 2. The highest BCUT2D eigenvalue weighted by atomic mass is 35.5. The molecule has 26 heavy (non-hydrogen) atoms. The maximum absolute atomic E-state index is 12.1. The fraction of sp³-hybridized carbons (Fsp3) is 0.650. The SMILES string of the molecule is COc1ccc(CCCNC(=O)CC(C)C2CCCNC2)cc1OC.Cl. The van der Waals surface area contributed by atoms with Gasteiger partial charge in [0, 0.05) is 13.0 Å². The molecule has 1 heterocycles. The van der Waals surface area contributed by atoms with E-state index in [4.69, 9.17) is 9.47 Å². The number of carbonyl (C=O) groups excluding carboxylic acids is 1. The van der Waals surface area contributed by atoms with Crippen LogP contribution in [0, 0.1) is 11.8 Å². The van der Waals surface area contributed by atoms with E-state index in [1.165, 1.54) is 18.4 Å². The van der Waals surface area contributed by atoms with Gasteiger partial charge in [-0.2, -0.15) is 0 Å². The van der Waals surface area contributed by atoms with Crippen molar-refractivity contribution >= 4 is 18.3 Å². The fourth-order valence-electron chi connectivity index (χ4n) is 3.45. The van der Waals surface area contributed by atoms with Gasteiger partial charge in [-0.15, -0.1) is 12.4 Å². The topological polar surface area (TPSA) is 59.6 Å². The lowest BCUT2D eigenvalue weighted by Crippen LogP contribution is -2.35. The number of amides is 1. The summed E-state index contributed by atoms with van der Waals surface area (Å²) in [6, 6.07) is 5.97. The Hall–Kier alpha value is -1.46. The number of nitrogens with one attached hydrogen (secondary N) is 2. The van der Waals surface area contributed by atoms with Gasteiger partial charge in [0.05, 0.1) is 14.2 Å². The van der Waals surface area contributed by atoms with Crippen LogP contribution in [0.1, 0.15) is 38.2 Å². The van der Waals surface area contributed by atoms with Crippen LogP contribution in [-0.4, -0.2) is 39.8 Å². The van der Waals surface area contributed by atoms with Gasteiger partial charge in [0.1, 0.15) is 0 Å². The van der Waals surface area contributed by atoms with E-state index < -0.39 is 0 Å². The molecule has 0 radical (unpaired) electrons. The Labute approximate surface area is 163 Å². The van der Waals surface area contributed by atoms with Crippen molar-refractivity contribution in [3.8, 4) is 11.5 Å². The van der Waals surface area contributed by atoms with Crippen molar-refractivity contribution in [1.29, 1.82) is 0 Å². The van der Waals surface area contributed by atoms with Crippen molar-refractivity contribution in [3.63, 3.8) is 0 Å². The highest BCUT2D eigenvalue weighted by Crippen LogP contribution is 2.28. The molecule has 1 amide bonds. The van der Waals surface area contributed by atoms with Crippen molar-refractivity contribution in [2.75, 3.05) is 33.9 Å². The third-order valence-corrected chi connectivity index (χ3v) is 5.06. The van der Waals surface area contributed by atoms with Crippen LogP contribution in [0.4, 0.5) is 0 Å². The molecule has 0 aromatic heterocycles. The Balaban J connectivity index is 0.00000338. The Morgan fingerprint density at radius 2 is 2.08 bits per heavy atom. The van der Waals surface area contributed by atoms with Gasteiger partial charge < -0.3 is 20.1 Å². The number of rotatable bonds is 9. The zero-order valence-electron chi connectivity index (χ0n) is 16.2. The minimum Gasteiger partial charge on any atom is -0.493 e. The second-order valence-electron chi connectivity index (χ2n) is 6.93. The Morgan fingerprint density at radius 3 is 2.73 bits per heavy atom. The summed E-state index contributed by atoms with van der Waals surface area (Å²) in [7, 11) is 3.28. The average molecular weight is 385 g/mol. The van der Waals surface area contributed by atoms with Crippen LogP contribution >= 0.6 is 12.4 Å². The van der Waals surface area contributed by atoms with Crippen LogP contribution in [-0.2, 0) is 11.2 Å². The second kappa shape index (κ2) is 12.0. The number of aryl methyl sites for hydroxylation is 1. The van der Waals surface area contributed by atoms with E-state index >= 15 is 0 Å². The van der Waals surface area contributed by atoms with Gasteiger partial charge in [-0.05, 0) is 68.3 Å². The lowest BCUT2D eigenvalue weighted by molar-refractivity contribution is -0.122. The molecular formula is C20H33ClN2O3. The molecule has 0 saturated carbocycles. The van der Waals surface area contributed by atoms with Gasteiger partial charge in [0.2, 0.25) is 5.91 Å². The molecule has 6 heteroatoms. The van der Waals surface area contributed by atoms with Crippen LogP contribution in [0.15, 0.2) is 18.2 Å². The second-order valence-corrected chi connectivity index (χ2v) is 6.93. The smallest absolute Gasteiger partial charge is 0.220 e. The number of piperidine rings is 1. The van der Waals surface area contributed by atoms with Crippen molar-refractivity contribution < 1.29 is 14.3 Å². The number of benzene rings is 1. The summed E-state index contributed by atoms with van der Waals surface area (Å²) in [6.07, 6.45) is 4.91. The molecule has 1 fully saturated rings. The van der Waals surface area contributed by atoms with E-state index in [1.54, 1.807) is 14.2 Å². The maximum atomic E-state index is 12.1. The molecular weight excluding hydrogens is 352 g/mol. The summed E-state index contributed by atoms with van der Waals surface area (Å²) >= 11 is 0. The molecule has 0 spiro atoms. The standard InChI is InChI=1S/C20H32N2O3.ClH/c1-15(17-7-5-10-21-14-17)12-20(23)22-11-4-6-16-8-9-18(24-2)19(13-16)25-3;/h8-9,13,15,17,21H,4-7,10-12,14H2,1-3H3,(H,22,23);1H. The first-order valence-corrected chi connectivity index (χ1v) is 9.32. The first-order valence-electron chi connectivity index (χ1n) is 9.32. The first kappa shape index (κ1) is 22.6. The highest BCUT2D eigenvalue weighted by molar-refractivity contribution is 5.85. The number of hydrogen-bond acceptors (Lipinski definition) is 4. The Bertz CT molecular complexity index is 548. The summed E-state index contributed by atoms with van der Waals surface area (Å²) in [4.78, 5) is 12.1. The van der Waals surface area contributed by atoms with Crippen molar-refractivity contribution in [2.45, 2.75) is 39.0 Å². The van der Waals surface area contributed by atoms with Gasteiger partial charge in [-0.1, -0.05) is 13.0 Å². The molecule has 1 aliphatic heterocycles. The van der Waals surface area contributed by atoms with Gasteiger partial charge in [0.15, 0.2) is 11.5 Å². The molecule has 0 bridgehead atoms. The Morgan fingerprint density at radius 1 is 1.31 bits per heavy atom. The van der Waals surface area contributed by atoms with E-state index in [9.17, 15) is 4.79 Å². The lowest BCUT2D eigenvalue weighted by atomic mass is 9.85. The zero-order valence-corrected chi connectivity index (χ0v) is 17.0. The summed E-state index contributed by atoms with van der Waals surface area (Å²) in [5.41, 5.74) is 1.19. The molecule has 0 aliphatic carbocycles. The minimum atomic E-state index is 0. The van der Waals surface area contributed by atoms with E-state index in [-0.39, 0.29) is 18.3 Å². The molecule has 148 valence electrons. The summed E-state index contributed by atoms with van der Waals surface area (Å²) in [6.45, 7) is 5.07. The molecule has 1 saturated heterocycles. The van der Waals surface area contributed by atoms with E-state index in [0.717, 1.165) is 37.4 Å². The Kier molecular flexibility index (Phi) is 10.4. The monoisotopic (exact) mass is 384 g/mol. The summed E-state index contributed by atoms with van der Waals surface area (Å²) < 4.78 is 10.6. The van der Waals surface area contributed by atoms with Gasteiger partial charge in [-0.3, -0.25) is 4.79 Å². The van der Waals surface area contributed by atoms with Crippen LogP contribution < -0.4 is 20.1 Å². The zero-order chi connectivity index (χ0) is 18.1. The van der Waals surface area contributed by atoms with Crippen LogP contribution in [0.5, 0.6) is 11.5 Å². The van der Waals surface area contributed by atoms with Crippen LogP contribution in [0.25, 0.3) is 0 Å². The largest absolute Gasteiger partial charge is 0.493 e. The molecule has 2 atom stereocenters. The fourth-order valence-corrected chi connectivity index (χ4v) is 3.45. The number of halogens is 1. The van der Waals surface area contributed by atoms with Crippen molar-refractivity contribution in [1.82, 2.24) is 10.6 Å². The molecule has 2 unspecified atom stereocenters. The molecule has 1 aliphatic rings. The highest BCUT2D eigenvalue weighted by Gasteiger charge is 2.21. The number of ether oxygens (including phenoxy) is 2. The predicted molar refractivity (Wildman–Crippen MR) is 107 cm³/mol. The molecule has 2 rings (SSSR count). The van der Waals surface area contributed by atoms with Crippen molar-refractivity contribution in [3.05, 3.63) is 23.8 Å². The normalized spacial score (nSPS) is 17.7. The van der Waals surface area contributed by atoms with Crippen molar-refractivity contribution in [2.24, 2.45) is 11.8 Å². The van der Waals surface area contributed by atoms with Crippen LogP contribution in [0.3, 0.4) is 0 Å². The molecule has 5 nitrogen and oxygen atoms in total.